The number of hydrogen-bond acceptors (Lipinski definition) is 4. The minimum Gasteiger partial charge on any atom is -0.480 e. The number of carboxylic acids is 1. The van der Waals surface area contributed by atoms with Crippen LogP contribution in [0.3, 0.4) is 0 Å². The van der Waals surface area contributed by atoms with Crippen LogP contribution in [0.5, 0.6) is 0 Å². The zero-order chi connectivity index (χ0) is 14.7. The molecule has 0 fully saturated rings. The van der Waals surface area contributed by atoms with E-state index in [1.165, 1.54) is 12.0 Å². The summed E-state index contributed by atoms with van der Waals surface area (Å²) in [5, 5.41) is 11.3. The van der Waals surface area contributed by atoms with Gasteiger partial charge < -0.3 is 24.8 Å². The van der Waals surface area contributed by atoms with Crippen LogP contribution in [0.15, 0.2) is 12.2 Å². The number of rotatable bonds is 10. The van der Waals surface area contributed by atoms with E-state index in [2.05, 4.69) is 11.9 Å². The second-order valence-electron chi connectivity index (χ2n) is 4.05. The largest absolute Gasteiger partial charge is 0.480 e. The molecular formula is C12H22N2O5. The molecule has 0 saturated carbocycles. The van der Waals surface area contributed by atoms with Gasteiger partial charge in [-0.3, -0.25) is 4.79 Å². The average molecular weight is 274 g/mol. The van der Waals surface area contributed by atoms with Gasteiger partial charge in [0, 0.05) is 20.2 Å². The number of carboxylic acid groups (broad SMARTS) is 1. The number of nitrogens with one attached hydrogen (secondary N) is 1. The molecule has 0 bridgehead atoms. The molecule has 0 aliphatic carbocycles. The first-order valence-electron chi connectivity index (χ1n) is 5.93. The van der Waals surface area contributed by atoms with Gasteiger partial charge in [0.25, 0.3) is 0 Å². The first-order valence-corrected chi connectivity index (χ1v) is 5.93. The second kappa shape index (κ2) is 10.3. The van der Waals surface area contributed by atoms with Crippen LogP contribution in [-0.2, 0) is 14.3 Å². The van der Waals surface area contributed by atoms with Crippen molar-refractivity contribution in [1.29, 1.82) is 0 Å². The maximum Gasteiger partial charge on any atom is 0.323 e. The zero-order valence-electron chi connectivity index (χ0n) is 11.5. The molecule has 0 unspecified atom stereocenters. The van der Waals surface area contributed by atoms with Crippen LogP contribution >= 0.6 is 0 Å². The third-order valence-corrected chi connectivity index (χ3v) is 2.05. The molecule has 0 aliphatic heterocycles. The van der Waals surface area contributed by atoms with E-state index >= 15 is 0 Å². The fourth-order valence-electron chi connectivity index (χ4n) is 1.21. The second-order valence-corrected chi connectivity index (χ2v) is 4.05. The van der Waals surface area contributed by atoms with Gasteiger partial charge in [-0.15, -0.1) is 0 Å². The summed E-state index contributed by atoms with van der Waals surface area (Å²) in [5.41, 5.74) is 0.902. The average Bonchev–Trinajstić information content (AvgIpc) is 2.32. The molecule has 2 N–H and O–H groups in total. The van der Waals surface area contributed by atoms with E-state index in [-0.39, 0.29) is 19.7 Å². The first-order chi connectivity index (χ1) is 8.97. The predicted octanol–water partition coefficient (Wildman–Crippen LogP) is 0.322. The Morgan fingerprint density at radius 2 is 2.05 bits per heavy atom. The van der Waals surface area contributed by atoms with Crippen molar-refractivity contribution in [2.45, 2.75) is 6.92 Å². The zero-order valence-corrected chi connectivity index (χ0v) is 11.5. The van der Waals surface area contributed by atoms with E-state index < -0.39 is 12.0 Å². The number of carbonyl (C=O) groups is 2. The van der Waals surface area contributed by atoms with Crippen LogP contribution < -0.4 is 5.32 Å². The highest BCUT2D eigenvalue weighted by molar-refractivity contribution is 5.80. The first kappa shape index (κ1) is 17.4. The van der Waals surface area contributed by atoms with Gasteiger partial charge in [0.05, 0.1) is 19.8 Å². The summed E-state index contributed by atoms with van der Waals surface area (Å²) in [6, 6.07) is -0.446. The molecule has 0 saturated heterocycles. The summed E-state index contributed by atoms with van der Waals surface area (Å²) >= 11 is 0. The Morgan fingerprint density at radius 3 is 2.58 bits per heavy atom. The SMILES string of the molecule is C=C(C)COCCNC(=O)N(CCOC)CC(=O)O. The summed E-state index contributed by atoms with van der Waals surface area (Å²) < 4.78 is 10.0. The van der Waals surface area contributed by atoms with Crippen molar-refractivity contribution < 1.29 is 24.2 Å². The molecule has 19 heavy (non-hydrogen) atoms. The molecule has 0 aromatic carbocycles. The maximum atomic E-state index is 11.7. The van der Waals surface area contributed by atoms with Gasteiger partial charge in [-0.1, -0.05) is 12.2 Å². The van der Waals surface area contributed by atoms with Gasteiger partial charge in [-0.2, -0.15) is 0 Å². The number of nitrogens with zero attached hydrogens (tertiary/aromatic N) is 1. The Morgan fingerprint density at radius 1 is 1.37 bits per heavy atom. The monoisotopic (exact) mass is 274 g/mol. The molecule has 0 heterocycles. The summed E-state index contributed by atoms with van der Waals surface area (Å²) in [6.07, 6.45) is 0. The van der Waals surface area contributed by atoms with E-state index in [9.17, 15) is 9.59 Å². The summed E-state index contributed by atoms with van der Waals surface area (Å²) in [4.78, 5) is 23.5. The normalized spacial score (nSPS) is 10.0. The number of hydrogen-bond donors (Lipinski definition) is 2. The fraction of sp³-hybridized carbons (Fsp3) is 0.667. The summed E-state index contributed by atoms with van der Waals surface area (Å²) in [5.74, 6) is -1.07. The molecule has 0 aliphatic rings. The van der Waals surface area contributed by atoms with Gasteiger partial charge >= 0.3 is 12.0 Å². The molecule has 0 atom stereocenters. The highest BCUT2D eigenvalue weighted by Crippen LogP contribution is 1.91. The topological polar surface area (TPSA) is 88.1 Å². The van der Waals surface area contributed by atoms with E-state index in [1.807, 2.05) is 6.92 Å². The van der Waals surface area contributed by atoms with Crippen LogP contribution in [0.4, 0.5) is 4.79 Å². The van der Waals surface area contributed by atoms with Crippen molar-refractivity contribution >= 4 is 12.0 Å². The lowest BCUT2D eigenvalue weighted by molar-refractivity contribution is -0.137. The lowest BCUT2D eigenvalue weighted by Crippen LogP contribution is -2.45. The van der Waals surface area contributed by atoms with Crippen LogP contribution in [0.2, 0.25) is 0 Å². The Labute approximate surface area is 113 Å². The molecule has 0 radical (unpaired) electrons. The fourth-order valence-corrected chi connectivity index (χ4v) is 1.21. The third kappa shape index (κ3) is 10.0. The molecule has 7 nitrogen and oxygen atoms in total. The predicted molar refractivity (Wildman–Crippen MR) is 70.1 cm³/mol. The van der Waals surface area contributed by atoms with Crippen molar-refractivity contribution in [1.82, 2.24) is 10.2 Å². The molecule has 0 aromatic rings. The summed E-state index contributed by atoms with van der Waals surface area (Å²) in [6.45, 7) is 6.79. The number of ether oxygens (including phenoxy) is 2. The van der Waals surface area contributed by atoms with Gasteiger partial charge in [0.15, 0.2) is 0 Å². The molecule has 0 spiro atoms. The molecule has 2 amide bonds. The number of urea groups is 1. The highest BCUT2D eigenvalue weighted by atomic mass is 16.5. The Balaban J connectivity index is 3.95. The molecule has 110 valence electrons. The molecular weight excluding hydrogens is 252 g/mol. The Kier molecular flexibility index (Phi) is 9.46. The summed E-state index contributed by atoms with van der Waals surface area (Å²) in [7, 11) is 1.49. The molecule has 0 aromatic heterocycles. The minimum atomic E-state index is -1.07. The van der Waals surface area contributed by atoms with Crippen molar-refractivity contribution in [2.24, 2.45) is 0 Å². The number of aliphatic carboxylic acids is 1. The van der Waals surface area contributed by atoms with Crippen LogP contribution in [-0.4, -0.2) is 68.6 Å². The molecule has 7 heteroatoms. The minimum absolute atomic E-state index is 0.223. The lowest BCUT2D eigenvalue weighted by Gasteiger charge is -2.20. The third-order valence-electron chi connectivity index (χ3n) is 2.05. The van der Waals surface area contributed by atoms with E-state index in [1.54, 1.807) is 0 Å². The van der Waals surface area contributed by atoms with Gasteiger partial charge in [0.2, 0.25) is 0 Å². The van der Waals surface area contributed by atoms with Crippen LogP contribution in [0.25, 0.3) is 0 Å². The van der Waals surface area contributed by atoms with Crippen molar-refractivity contribution in [2.75, 3.05) is 46.6 Å². The number of methoxy groups -OCH3 is 1. The highest BCUT2D eigenvalue weighted by Gasteiger charge is 2.15. The maximum absolute atomic E-state index is 11.7. The van der Waals surface area contributed by atoms with Crippen LogP contribution in [0.1, 0.15) is 6.92 Å². The standard InChI is InChI=1S/C12H22N2O5/c1-10(2)9-19-6-4-13-12(17)14(5-7-18-3)8-11(15)16/h1,4-9H2,2-3H3,(H,13,17)(H,15,16). The van der Waals surface area contributed by atoms with Crippen molar-refractivity contribution in [3.63, 3.8) is 0 Å². The lowest BCUT2D eigenvalue weighted by atomic mass is 10.4. The van der Waals surface area contributed by atoms with Gasteiger partial charge in [0.1, 0.15) is 6.54 Å². The van der Waals surface area contributed by atoms with E-state index in [4.69, 9.17) is 14.6 Å². The van der Waals surface area contributed by atoms with Crippen molar-refractivity contribution in [3.8, 4) is 0 Å². The number of amides is 2. The Bertz CT molecular complexity index is 306. The van der Waals surface area contributed by atoms with E-state index in [0.29, 0.717) is 19.8 Å². The quantitative estimate of drug-likeness (QED) is 0.442. The number of carbonyl (C=O) groups excluding carboxylic acids is 1. The van der Waals surface area contributed by atoms with Gasteiger partial charge in [-0.25, -0.2) is 4.79 Å². The molecule has 0 rings (SSSR count). The Hall–Kier alpha value is -1.60. The van der Waals surface area contributed by atoms with E-state index in [0.717, 1.165) is 5.57 Å². The smallest absolute Gasteiger partial charge is 0.323 e. The van der Waals surface area contributed by atoms with Crippen molar-refractivity contribution in [3.05, 3.63) is 12.2 Å². The van der Waals surface area contributed by atoms with Gasteiger partial charge in [-0.05, 0) is 6.92 Å². The van der Waals surface area contributed by atoms with Crippen LogP contribution in [0, 0.1) is 0 Å².